The summed E-state index contributed by atoms with van der Waals surface area (Å²) in [5.74, 6) is 1.63. The smallest absolute Gasteiger partial charge is 0.220 e. The normalized spacial score (nSPS) is 12.7. The van der Waals surface area contributed by atoms with E-state index in [1.54, 1.807) is 0 Å². The highest BCUT2D eigenvalue weighted by Gasteiger charge is 2.16. The van der Waals surface area contributed by atoms with E-state index in [-0.39, 0.29) is 11.8 Å². The lowest BCUT2D eigenvalue weighted by Gasteiger charge is -2.16. The molecule has 1 N–H and O–H groups in total. The van der Waals surface area contributed by atoms with Gasteiger partial charge in [0, 0.05) is 25.3 Å². The van der Waals surface area contributed by atoms with Crippen LogP contribution in [-0.2, 0) is 9.59 Å². The average Bonchev–Trinajstić information content (AvgIpc) is 2.40. The minimum absolute atomic E-state index is 0.106. The molecule has 0 aromatic heterocycles. The first kappa shape index (κ1) is 20.1. The minimum atomic E-state index is 0.106. The molecule has 0 radical (unpaired) electrons. The van der Waals surface area contributed by atoms with Gasteiger partial charge >= 0.3 is 0 Å². The predicted octanol–water partition coefficient (Wildman–Crippen LogP) is 4.35. The number of nitrogens with one attached hydrogen (secondary N) is 1. The Bertz CT molecular complexity index is 298. The van der Waals surface area contributed by atoms with Gasteiger partial charge in [0.2, 0.25) is 5.91 Å². The second-order valence-electron chi connectivity index (χ2n) is 6.90. The van der Waals surface area contributed by atoms with Gasteiger partial charge in [0.05, 0.1) is 0 Å². The van der Waals surface area contributed by atoms with Gasteiger partial charge < -0.3 is 5.32 Å². The summed E-state index contributed by atoms with van der Waals surface area (Å²) in [6.07, 6.45) is 6.34. The van der Waals surface area contributed by atoms with Gasteiger partial charge in [0.1, 0.15) is 5.78 Å². The zero-order valence-corrected chi connectivity index (χ0v) is 14.7. The number of rotatable bonds is 12. The molecule has 1 unspecified atom stereocenters. The summed E-state index contributed by atoms with van der Waals surface area (Å²) >= 11 is 0. The van der Waals surface area contributed by atoms with Crippen LogP contribution in [0.3, 0.4) is 0 Å². The summed E-state index contributed by atoms with van der Waals surface area (Å²) in [7, 11) is 0. The first-order valence-corrected chi connectivity index (χ1v) is 8.66. The van der Waals surface area contributed by atoms with Gasteiger partial charge in [-0.05, 0) is 31.1 Å². The fraction of sp³-hybridized carbons (Fsp3) is 0.889. The zero-order chi connectivity index (χ0) is 16.3. The van der Waals surface area contributed by atoms with E-state index in [0.29, 0.717) is 30.5 Å². The van der Waals surface area contributed by atoms with E-state index in [0.717, 1.165) is 38.6 Å². The average molecular weight is 297 g/mol. The Morgan fingerprint density at radius 2 is 1.67 bits per heavy atom. The second kappa shape index (κ2) is 11.8. The maximum absolute atomic E-state index is 11.8. The van der Waals surface area contributed by atoms with Crippen molar-refractivity contribution in [3.8, 4) is 0 Å². The van der Waals surface area contributed by atoms with Gasteiger partial charge in [-0.1, -0.05) is 47.5 Å². The number of ketones is 1. The third kappa shape index (κ3) is 11.5. The Morgan fingerprint density at radius 3 is 2.19 bits per heavy atom. The Morgan fingerprint density at radius 1 is 1.00 bits per heavy atom. The lowest BCUT2D eigenvalue weighted by atomic mass is 9.89. The Balaban J connectivity index is 3.95. The van der Waals surface area contributed by atoms with Crippen molar-refractivity contribution in [1.29, 1.82) is 0 Å². The molecule has 0 aliphatic rings. The minimum Gasteiger partial charge on any atom is -0.356 e. The van der Waals surface area contributed by atoms with Crippen LogP contribution >= 0.6 is 0 Å². The summed E-state index contributed by atoms with van der Waals surface area (Å²) in [4.78, 5) is 23.7. The molecule has 0 saturated carbocycles. The highest BCUT2D eigenvalue weighted by Crippen LogP contribution is 2.20. The van der Waals surface area contributed by atoms with Crippen LogP contribution < -0.4 is 5.32 Å². The standard InChI is InChI=1S/C18H35NO2/c1-6-8-16(13-17(20)15(4)5)10-11-18(21)19-12-7-9-14(2)3/h14-16H,6-13H2,1-5H3,(H,19,21). The molecule has 0 aromatic rings. The molecule has 0 aliphatic heterocycles. The summed E-state index contributed by atoms with van der Waals surface area (Å²) < 4.78 is 0. The van der Waals surface area contributed by atoms with E-state index in [4.69, 9.17) is 0 Å². The van der Waals surface area contributed by atoms with Gasteiger partial charge in [-0.3, -0.25) is 9.59 Å². The van der Waals surface area contributed by atoms with Crippen LogP contribution in [0.5, 0.6) is 0 Å². The second-order valence-corrected chi connectivity index (χ2v) is 6.90. The molecule has 0 spiro atoms. The van der Waals surface area contributed by atoms with E-state index in [1.807, 2.05) is 13.8 Å². The van der Waals surface area contributed by atoms with Crippen molar-refractivity contribution < 1.29 is 9.59 Å². The maximum atomic E-state index is 11.8. The van der Waals surface area contributed by atoms with E-state index >= 15 is 0 Å². The molecular weight excluding hydrogens is 262 g/mol. The Labute approximate surface area is 131 Å². The number of Topliss-reactive ketones (excluding diaryl/α,β-unsaturated/α-hetero) is 1. The maximum Gasteiger partial charge on any atom is 0.220 e. The summed E-state index contributed by atoms with van der Waals surface area (Å²) in [6, 6.07) is 0. The monoisotopic (exact) mass is 297 g/mol. The molecule has 0 rings (SSSR count). The van der Waals surface area contributed by atoms with E-state index < -0.39 is 0 Å². The van der Waals surface area contributed by atoms with Gasteiger partial charge in [0.25, 0.3) is 0 Å². The summed E-state index contributed by atoms with van der Waals surface area (Å²) in [5, 5.41) is 2.99. The number of hydrogen-bond donors (Lipinski definition) is 1. The highest BCUT2D eigenvalue weighted by atomic mass is 16.1. The fourth-order valence-electron chi connectivity index (χ4n) is 2.44. The molecule has 0 aliphatic carbocycles. The third-order valence-electron chi connectivity index (χ3n) is 3.89. The van der Waals surface area contributed by atoms with Gasteiger partial charge in [-0.2, -0.15) is 0 Å². The van der Waals surface area contributed by atoms with E-state index in [2.05, 4.69) is 26.1 Å². The van der Waals surface area contributed by atoms with Crippen molar-refractivity contribution in [3.63, 3.8) is 0 Å². The van der Waals surface area contributed by atoms with Crippen LogP contribution in [0, 0.1) is 17.8 Å². The molecule has 0 bridgehead atoms. The van der Waals surface area contributed by atoms with Crippen LogP contribution in [0.4, 0.5) is 0 Å². The number of amides is 1. The van der Waals surface area contributed by atoms with Crippen LogP contribution in [-0.4, -0.2) is 18.2 Å². The van der Waals surface area contributed by atoms with Crippen molar-refractivity contribution in [2.24, 2.45) is 17.8 Å². The van der Waals surface area contributed by atoms with Crippen LogP contribution in [0.1, 0.15) is 79.6 Å². The van der Waals surface area contributed by atoms with Gasteiger partial charge in [0.15, 0.2) is 0 Å². The van der Waals surface area contributed by atoms with Crippen molar-refractivity contribution >= 4 is 11.7 Å². The largest absolute Gasteiger partial charge is 0.356 e. The SMILES string of the molecule is CCCC(CCC(=O)NCCCC(C)C)CC(=O)C(C)C. The molecular formula is C18H35NO2. The molecule has 21 heavy (non-hydrogen) atoms. The molecule has 0 aromatic carbocycles. The number of carbonyl (C=O) groups is 2. The molecule has 124 valence electrons. The molecule has 1 amide bonds. The number of hydrogen-bond acceptors (Lipinski definition) is 2. The highest BCUT2D eigenvalue weighted by molar-refractivity contribution is 5.80. The lowest BCUT2D eigenvalue weighted by Crippen LogP contribution is -2.25. The fourth-order valence-corrected chi connectivity index (χ4v) is 2.44. The Hall–Kier alpha value is -0.860. The quantitative estimate of drug-likeness (QED) is 0.544. The molecule has 0 heterocycles. The molecule has 0 fully saturated rings. The predicted molar refractivity (Wildman–Crippen MR) is 89.2 cm³/mol. The molecule has 0 saturated heterocycles. The van der Waals surface area contributed by atoms with Gasteiger partial charge in [-0.25, -0.2) is 0 Å². The van der Waals surface area contributed by atoms with Crippen molar-refractivity contribution in [2.45, 2.75) is 79.6 Å². The Kier molecular flexibility index (Phi) is 11.3. The van der Waals surface area contributed by atoms with Crippen LogP contribution in [0.25, 0.3) is 0 Å². The summed E-state index contributed by atoms with van der Waals surface area (Å²) in [5.41, 5.74) is 0. The molecule has 1 atom stereocenters. The third-order valence-corrected chi connectivity index (χ3v) is 3.89. The molecule has 3 heteroatoms. The van der Waals surface area contributed by atoms with Crippen LogP contribution in [0.15, 0.2) is 0 Å². The summed E-state index contributed by atoms with van der Waals surface area (Å²) in [6.45, 7) is 11.2. The molecule has 3 nitrogen and oxygen atoms in total. The van der Waals surface area contributed by atoms with Crippen molar-refractivity contribution in [3.05, 3.63) is 0 Å². The van der Waals surface area contributed by atoms with Crippen LogP contribution in [0.2, 0.25) is 0 Å². The van der Waals surface area contributed by atoms with E-state index in [9.17, 15) is 9.59 Å². The van der Waals surface area contributed by atoms with E-state index in [1.165, 1.54) is 0 Å². The first-order chi connectivity index (χ1) is 9.86. The van der Waals surface area contributed by atoms with Gasteiger partial charge in [-0.15, -0.1) is 0 Å². The lowest BCUT2D eigenvalue weighted by molar-refractivity contribution is -0.124. The number of carbonyl (C=O) groups excluding carboxylic acids is 2. The van der Waals surface area contributed by atoms with Crippen molar-refractivity contribution in [2.75, 3.05) is 6.54 Å². The zero-order valence-electron chi connectivity index (χ0n) is 14.7. The first-order valence-electron chi connectivity index (χ1n) is 8.66. The topological polar surface area (TPSA) is 46.2 Å². The van der Waals surface area contributed by atoms with Crippen molar-refractivity contribution in [1.82, 2.24) is 5.32 Å².